The second-order valence-corrected chi connectivity index (χ2v) is 4.28. The fourth-order valence-corrected chi connectivity index (χ4v) is 1.47. The zero-order chi connectivity index (χ0) is 9.47. The summed E-state index contributed by atoms with van der Waals surface area (Å²) in [5.41, 5.74) is 3.13. The van der Waals surface area contributed by atoms with Gasteiger partial charge in [-0.2, -0.15) is 0 Å². The van der Waals surface area contributed by atoms with E-state index in [9.17, 15) is 0 Å². The molecule has 13 heavy (non-hydrogen) atoms. The smallest absolute Gasteiger partial charge is 0.116 e. The predicted octanol–water partition coefficient (Wildman–Crippen LogP) is 2.03. The topological polar surface area (TPSA) is 38.1 Å². The molecule has 0 radical (unpaired) electrons. The van der Waals surface area contributed by atoms with E-state index >= 15 is 0 Å². The van der Waals surface area contributed by atoms with Gasteiger partial charge in [0.2, 0.25) is 0 Å². The first-order valence-corrected chi connectivity index (χ1v) is 4.46. The highest BCUT2D eigenvalue weighted by atomic mass is 14.9. The standard InChI is InChI=1S/C10H13N3/c1-10(2,3)9-8-7(4-5-11-8)12-6-13-9/h5-6H,4H2,1-3H3. The van der Waals surface area contributed by atoms with Gasteiger partial charge in [0, 0.05) is 18.1 Å². The quantitative estimate of drug-likeness (QED) is 0.605. The summed E-state index contributed by atoms with van der Waals surface area (Å²) >= 11 is 0. The van der Waals surface area contributed by atoms with Crippen LogP contribution in [0.4, 0.5) is 5.69 Å². The third kappa shape index (κ3) is 1.34. The number of hydrogen-bond acceptors (Lipinski definition) is 3. The van der Waals surface area contributed by atoms with Gasteiger partial charge >= 0.3 is 0 Å². The Labute approximate surface area is 77.9 Å². The maximum absolute atomic E-state index is 4.32. The lowest BCUT2D eigenvalue weighted by Crippen LogP contribution is -2.14. The van der Waals surface area contributed by atoms with Gasteiger partial charge < -0.3 is 0 Å². The Kier molecular flexibility index (Phi) is 1.68. The molecule has 68 valence electrons. The van der Waals surface area contributed by atoms with E-state index in [1.54, 1.807) is 6.33 Å². The van der Waals surface area contributed by atoms with E-state index in [4.69, 9.17) is 0 Å². The summed E-state index contributed by atoms with van der Waals surface area (Å²) in [6, 6.07) is 0. The minimum Gasteiger partial charge on any atom is -0.257 e. The third-order valence-corrected chi connectivity index (χ3v) is 2.11. The molecule has 1 aliphatic rings. The first-order chi connectivity index (χ1) is 6.09. The van der Waals surface area contributed by atoms with E-state index in [0.717, 1.165) is 23.5 Å². The molecule has 0 spiro atoms. The van der Waals surface area contributed by atoms with Crippen LogP contribution in [0.5, 0.6) is 0 Å². The van der Waals surface area contributed by atoms with Crippen LogP contribution in [0.25, 0.3) is 0 Å². The average Bonchev–Trinajstić information content (AvgIpc) is 2.48. The third-order valence-electron chi connectivity index (χ3n) is 2.11. The van der Waals surface area contributed by atoms with Crippen molar-refractivity contribution in [1.29, 1.82) is 0 Å². The van der Waals surface area contributed by atoms with Gasteiger partial charge in [0.15, 0.2) is 0 Å². The number of nitrogens with zero attached hydrogens (tertiary/aromatic N) is 3. The fourth-order valence-electron chi connectivity index (χ4n) is 1.47. The molecule has 1 aromatic heterocycles. The largest absolute Gasteiger partial charge is 0.257 e. The first-order valence-electron chi connectivity index (χ1n) is 4.46. The van der Waals surface area contributed by atoms with Crippen LogP contribution in [0.1, 0.15) is 32.2 Å². The van der Waals surface area contributed by atoms with Crippen LogP contribution in [0, 0.1) is 0 Å². The highest BCUT2D eigenvalue weighted by molar-refractivity contribution is 5.75. The molecule has 2 rings (SSSR count). The van der Waals surface area contributed by atoms with Crippen molar-refractivity contribution in [2.45, 2.75) is 32.6 Å². The Morgan fingerprint density at radius 2 is 2.00 bits per heavy atom. The molecule has 0 aromatic carbocycles. The second kappa shape index (κ2) is 2.62. The van der Waals surface area contributed by atoms with Crippen molar-refractivity contribution in [2.24, 2.45) is 4.99 Å². The average molecular weight is 175 g/mol. The lowest BCUT2D eigenvalue weighted by molar-refractivity contribution is 0.568. The first kappa shape index (κ1) is 8.35. The molecule has 0 fully saturated rings. The van der Waals surface area contributed by atoms with Crippen molar-refractivity contribution in [3.8, 4) is 0 Å². The van der Waals surface area contributed by atoms with Crippen molar-refractivity contribution < 1.29 is 0 Å². The summed E-state index contributed by atoms with van der Waals surface area (Å²) in [5, 5.41) is 0. The van der Waals surface area contributed by atoms with Crippen LogP contribution >= 0.6 is 0 Å². The van der Waals surface area contributed by atoms with Crippen LogP contribution in [-0.4, -0.2) is 16.2 Å². The summed E-state index contributed by atoms with van der Waals surface area (Å²) in [5.74, 6) is 0. The van der Waals surface area contributed by atoms with Crippen LogP contribution in [0.3, 0.4) is 0 Å². The fraction of sp³-hybridized carbons (Fsp3) is 0.500. The summed E-state index contributed by atoms with van der Waals surface area (Å²) in [4.78, 5) is 12.8. The summed E-state index contributed by atoms with van der Waals surface area (Å²) in [6.45, 7) is 6.43. The number of fused-ring (bicyclic) bond motifs is 1. The normalized spacial score (nSPS) is 14.7. The molecule has 3 heteroatoms. The van der Waals surface area contributed by atoms with Gasteiger partial charge in [-0.25, -0.2) is 9.97 Å². The maximum Gasteiger partial charge on any atom is 0.116 e. The van der Waals surface area contributed by atoms with Gasteiger partial charge in [-0.3, -0.25) is 4.99 Å². The Balaban J connectivity index is 2.59. The van der Waals surface area contributed by atoms with Gasteiger partial charge in [0.05, 0.1) is 11.4 Å². The monoisotopic (exact) mass is 175 g/mol. The molecule has 0 atom stereocenters. The van der Waals surface area contributed by atoms with E-state index in [2.05, 4.69) is 35.7 Å². The number of aromatic nitrogens is 2. The van der Waals surface area contributed by atoms with Crippen molar-refractivity contribution in [1.82, 2.24) is 9.97 Å². The van der Waals surface area contributed by atoms with Crippen molar-refractivity contribution in [2.75, 3.05) is 0 Å². The Bertz CT molecular complexity index is 361. The van der Waals surface area contributed by atoms with E-state index < -0.39 is 0 Å². The van der Waals surface area contributed by atoms with Gasteiger partial charge in [-0.15, -0.1) is 0 Å². The lowest BCUT2D eigenvalue weighted by Gasteiger charge is -2.18. The zero-order valence-corrected chi connectivity index (χ0v) is 8.20. The Morgan fingerprint density at radius 1 is 1.23 bits per heavy atom. The van der Waals surface area contributed by atoms with Crippen molar-refractivity contribution in [3.63, 3.8) is 0 Å². The van der Waals surface area contributed by atoms with E-state index in [1.165, 1.54) is 0 Å². The lowest BCUT2D eigenvalue weighted by atomic mass is 9.90. The molecule has 0 saturated carbocycles. The minimum absolute atomic E-state index is 0.0503. The molecule has 2 heterocycles. The summed E-state index contributed by atoms with van der Waals surface area (Å²) in [6.07, 6.45) is 4.38. The predicted molar refractivity (Wildman–Crippen MR) is 52.6 cm³/mol. The van der Waals surface area contributed by atoms with Gasteiger partial charge in [0.1, 0.15) is 12.0 Å². The summed E-state index contributed by atoms with van der Waals surface area (Å²) < 4.78 is 0. The zero-order valence-electron chi connectivity index (χ0n) is 8.20. The molecule has 0 unspecified atom stereocenters. The molecular weight excluding hydrogens is 162 g/mol. The van der Waals surface area contributed by atoms with Crippen LogP contribution in [-0.2, 0) is 11.8 Å². The van der Waals surface area contributed by atoms with Crippen LogP contribution < -0.4 is 0 Å². The Morgan fingerprint density at radius 3 is 2.69 bits per heavy atom. The number of rotatable bonds is 0. The molecule has 3 nitrogen and oxygen atoms in total. The molecular formula is C10H13N3. The Hall–Kier alpha value is -1.25. The number of aliphatic imine (C=N–C) groups is 1. The van der Waals surface area contributed by atoms with Crippen LogP contribution in [0.2, 0.25) is 0 Å². The highest BCUT2D eigenvalue weighted by Gasteiger charge is 2.23. The van der Waals surface area contributed by atoms with Crippen molar-refractivity contribution >= 4 is 11.9 Å². The minimum atomic E-state index is 0.0503. The maximum atomic E-state index is 4.32. The molecule has 0 saturated heterocycles. The molecule has 1 aromatic rings. The SMILES string of the molecule is CC(C)(C)c1ncnc2c1N=CC2. The number of hydrogen-bond donors (Lipinski definition) is 0. The van der Waals surface area contributed by atoms with Gasteiger partial charge in [-0.1, -0.05) is 20.8 Å². The van der Waals surface area contributed by atoms with E-state index in [1.807, 2.05) is 6.21 Å². The molecule has 0 bridgehead atoms. The van der Waals surface area contributed by atoms with E-state index in [-0.39, 0.29) is 5.41 Å². The molecule has 1 aliphatic heterocycles. The molecule has 0 aliphatic carbocycles. The van der Waals surface area contributed by atoms with Crippen molar-refractivity contribution in [3.05, 3.63) is 17.7 Å². The van der Waals surface area contributed by atoms with Crippen LogP contribution in [0.15, 0.2) is 11.3 Å². The van der Waals surface area contributed by atoms with E-state index in [0.29, 0.717) is 0 Å². The molecule has 0 N–H and O–H groups in total. The van der Waals surface area contributed by atoms with Gasteiger partial charge in [0.25, 0.3) is 0 Å². The highest BCUT2D eigenvalue weighted by Crippen LogP contribution is 2.33. The second-order valence-electron chi connectivity index (χ2n) is 4.28. The van der Waals surface area contributed by atoms with Gasteiger partial charge in [-0.05, 0) is 0 Å². The summed E-state index contributed by atoms with van der Waals surface area (Å²) in [7, 11) is 0. The molecule has 0 amide bonds.